The van der Waals surface area contributed by atoms with Crippen LogP contribution in [0.2, 0.25) is 0 Å². The molecule has 0 aliphatic heterocycles. The van der Waals surface area contributed by atoms with Crippen molar-refractivity contribution in [2.75, 3.05) is 11.9 Å². The van der Waals surface area contributed by atoms with E-state index in [1.54, 1.807) is 6.07 Å². The van der Waals surface area contributed by atoms with Crippen LogP contribution in [0.4, 0.5) is 5.13 Å². The molecule has 0 fully saturated rings. The van der Waals surface area contributed by atoms with Crippen molar-refractivity contribution in [3.05, 3.63) is 45.1 Å². The van der Waals surface area contributed by atoms with Crippen LogP contribution in [0, 0.1) is 0 Å². The van der Waals surface area contributed by atoms with Gasteiger partial charge in [-0.2, -0.15) is 0 Å². The van der Waals surface area contributed by atoms with Gasteiger partial charge in [-0.05, 0) is 43.6 Å². The summed E-state index contributed by atoms with van der Waals surface area (Å²) in [5.41, 5.74) is 2.14. The fourth-order valence-electron chi connectivity index (χ4n) is 2.73. The van der Waals surface area contributed by atoms with Gasteiger partial charge >= 0.3 is 0 Å². The first-order valence-electron chi connectivity index (χ1n) is 8.44. The largest absolute Gasteiger partial charge is 0.355 e. The summed E-state index contributed by atoms with van der Waals surface area (Å²) in [7, 11) is 0. The summed E-state index contributed by atoms with van der Waals surface area (Å²) >= 11 is 2.72. The minimum Gasteiger partial charge on any atom is -0.355 e. The van der Waals surface area contributed by atoms with Gasteiger partial charge in [0.1, 0.15) is 0 Å². The van der Waals surface area contributed by atoms with E-state index in [0.29, 0.717) is 22.2 Å². The summed E-state index contributed by atoms with van der Waals surface area (Å²) in [5.74, 6) is -0.195. The molecular weight excluding hydrogens is 354 g/mol. The lowest BCUT2D eigenvalue weighted by Gasteiger charge is -2.12. The number of aromatic nitrogens is 1. The highest BCUT2D eigenvalue weighted by atomic mass is 32.1. The first-order valence-corrected chi connectivity index (χ1v) is 10.2. The maximum Gasteiger partial charge on any atom is 0.267 e. The van der Waals surface area contributed by atoms with Crippen LogP contribution in [0.3, 0.4) is 0 Å². The van der Waals surface area contributed by atoms with Gasteiger partial charge in [-0.15, -0.1) is 22.7 Å². The molecule has 0 bridgehead atoms. The summed E-state index contributed by atoms with van der Waals surface area (Å²) < 4.78 is 0. The Bertz CT molecular complexity index is 750. The molecule has 1 aliphatic rings. The van der Waals surface area contributed by atoms with E-state index in [1.165, 1.54) is 47.5 Å². The molecule has 0 unspecified atom stereocenters. The van der Waals surface area contributed by atoms with Crippen LogP contribution in [-0.2, 0) is 11.2 Å². The van der Waals surface area contributed by atoms with E-state index in [9.17, 15) is 9.59 Å². The van der Waals surface area contributed by atoms with Crippen molar-refractivity contribution in [3.63, 3.8) is 0 Å². The molecule has 2 heterocycles. The van der Waals surface area contributed by atoms with Crippen molar-refractivity contribution in [2.24, 2.45) is 0 Å². The van der Waals surface area contributed by atoms with Gasteiger partial charge in [0.25, 0.3) is 5.91 Å². The van der Waals surface area contributed by atoms with Crippen LogP contribution >= 0.6 is 22.7 Å². The smallest absolute Gasteiger partial charge is 0.267 e. The Morgan fingerprint density at radius 3 is 2.92 bits per heavy atom. The zero-order chi connectivity index (χ0) is 17.5. The lowest BCUT2D eigenvalue weighted by Crippen LogP contribution is -2.26. The number of hydrogen-bond donors (Lipinski definition) is 2. The molecule has 0 saturated heterocycles. The molecule has 2 amide bonds. The van der Waals surface area contributed by atoms with Gasteiger partial charge in [0, 0.05) is 11.9 Å². The van der Waals surface area contributed by atoms with E-state index in [0.717, 1.165) is 12.8 Å². The molecule has 0 spiro atoms. The van der Waals surface area contributed by atoms with Crippen molar-refractivity contribution < 1.29 is 9.59 Å². The molecule has 2 N–H and O–H groups in total. The molecule has 0 aromatic carbocycles. The lowest BCUT2D eigenvalue weighted by molar-refractivity contribution is -0.120. The third-order valence-electron chi connectivity index (χ3n) is 4.01. The number of nitrogens with zero attached hydrogens (tertiary/aromatic N) is 1. The van der Waals surface area contributed by atoms with E-state index in [1.807, 2.05) is 16.8 Å². The number of thiazole rings is 1. The highest BCUT2D eigenvalue weighted by Crippen LogP contribution is 2.20. The first-order chi connectivity index (χ1) is 12.2. The molecule has 2 aromatic heterocycles. The lowest BCUT2D eigenvalue weighted by atomic mass is 9.97. The van der Waals surface area contributed by atoms with Gasteiger partial charge in [0.15, 0.2) is 5.13 Å². The molecule has 2 aromatic rings. The molecule has 1 aliphatic carbocycles. The van der Waals surface area contributed by atoms with Gasteiger partial charge in [-0.3, -0.25) is 14.9 Å². The molecule has 7 heteroatoms. The van der Waals surface area contributed by atoms with Crippen LogP contribution in [0.5, 0.6) is 0 Å². The van der Waals surface area contributed by atoms with E-state index in [4.69, 9.17) is 0 Å². The van der Waals surface area contributed by atoms with Crippen LogP contribution in [0.15, 0.2) is 34.5 Å². The van der Waals surface area contributed by atoms with Gasteiger partial charge in [-0.1, -0.05) is 17.7 Å². The van der Waals surface area contributed by atoms with Crippen LogP contribution in [0.1, 0.15) is 47.5 Å². The molecule has 0 saturated carbocycles. The summed E-state index contributed by atoms with van der Waals surface area (Å²) in [6, 6.07) is 3.60. The van der Waals surface area contributed by atoms with Crippen LogP contribution in [0.25, 0.3) is 0 Å². The van der Waals surface area contributed by atoms with E-state index < -0.39 is 0 Å². The minimum atomic E-state index is -0.166. The average Bonchev–Trinajstić information content (AvgIpc) is 3.28. The minimum absolute atomic E-state index is 0.0298. The van der Waals surface area contributed by atoms with Crippen LogP contribution < -0.4 is 10.6 Å². The normalized spacial score (nSPS) is 14.0. The van der Waals surface area contributed by atoms with Gasteiger partial charge in [0.2, 0.25) is 5.91 Å². The highest BCUT2D eigenvalue weighted by molar-refractivity contribution is 7.14. The topological polar surface area (TPSA) is 71.1 Å². The number of amides is 2. The van der Waals surface area contributed by atoms with Crippen molar-refractivity contribution in [1.82, 2.24) is 10.3 Å². The first kappa shape index (κ1) is 17.8. The number of carbonyl (C=O) groups is 2. The number of rotatable bonds is 7. The second kappa shape index (κ2) is 8.92. The summed E-state index contributed by atoms with van der Waals surface area (Å²) in [6.45, 7) is 0.677. The fraction of sp³-hybridized carbons (Fsp3) is 0.389. The predicted molar refractivity (Wildman–Crippen MR) is 102 cm³/mol. The second-order valence-electron chi connectivity index (χ2n) is 5.96. The predicted octanol–water partition coefficient (Wildman–Crippen LogP) is 4.01. The van der Waals surface area contributed by atoms with Gasteiger partial charge < -0.3 is 5.32 Å². The van der Waals surface area contributed by atoms with E-state index in [-0.39, 0.29) is 18.2 Å². The molecule has 5 nitrogen and oxygen atoms in total. The Morgan fingerprint density at radius 2 is 2.16 bits per heavy atom. The van der Waals surface area contributed by atoms with E-state index >= 15 is 0 Å². The Hall–Kier alpha value is -1.99. The quantitative estimate of drug-likeness (QED) is 0.719. The van der Waals surface area contributed by atoms with Gasteiger partial charge in [-0.25, -0.2) is 4.98 Å². The number of carbonyl (C=O) groups excluding carboxylic acids is 2. The molecule has 0 radical (unpaired) electrons. The number of thiophene rings is 1. The van der Waals surface area contributed by atoms with Crippen LogP contribution in [-0.4, -0.2) is 23.3 Å². The molecular formula is C18H21N3O2S2. The third-order valence-corrected chi connectivity index (χ3v) is 5.69. The summed E-state index contributed by atoms with van der Waals surface area (Å²) in [4.78, 5) is 29.0. The SMILES string of the molecule is O=C(Cc1csc(NC(=O)c2cccs2)n1)NCCC1=CCCCC1. The zero-order valence-electron chi connectivity index (χ0n) is 13.9. The van der Waals surface area contributed by atoms with Crippen molar-refractivity contribution in [2.45, 2.75) is 38.5 Å². The molecule has 3 rings (SSSR count). The van der Waals surface area contributed by atoms with Crippen molar-refractivity contribution in [3.8, 4) is 0 Å². The van der Waals surface area contributed by atoms with E-state index in [2.05, 4.69) is 21.7 Å². The summed E-state index contributed by atoms with van der Waals surface area (Å²) in [5, 5.41) is 9.91. The van der Waals surface area contributed by atoms with Gasteiger partial charge in [0.05, 0.1) is 17.0 Å². The highest BCUT2D eigenvalue weighted by Gasteiger charge is 2.12. The number of nitrogens with one attached hydrogen (secondary N) is 2. The maximum absolute atomic E-state index is 12.0. The molecule has 25 heavy (non-hydrogen) atoms. The Kier molecular flexibility index (Phi) is 6.36. The average molecular weight is 376 g/mol. The number of hydrogen-bond acceptors (Lipinski definition) is 5. The zero-order valence-corrected chi connectivity index (χ0v) is 15.5. The Labute approximate surface area is 155 Å². The number of anilines is 1. The van der Waals surface area contributed by atoms with Crippen molar-refractivity contribution in [1.29, 1.82) is 0 Å². The Morgan fingerprint density at radius 1 is 1.24 bits per heavy atom. The maximum atomic E-state index is 12.0. The second-order valence-corrected chi connectivity index (χ2v) is 7.77. The number of allylic oxidation sites excluding steroid dienone is 1. The Balaban J connectivity index is 1.42. The summed E-state index contributed by atoms with van der Waals surface area (Å²) in [6.07, 6.45) is 8.36. The molecule has 132 valence electrons. The third kappa shape index (κ3) is 5.51. The standard InChI is InChI=1S/C18H21N3O2S2/c22-16(19-9-8-13-5-2-1-3-6-13)11-14-12-25-18(20-14)21-17(23)15-7-4-10-24-15/h4-5,7,10,12H,1-3,6,8-9,11H2,(H,19,22)(H,20,21,23). The fourth-order valence-corrected chi connectivity index (χ4v) is 4.06. The monoisotopic (exact) mass is 375 g/mol. The van der Waals surface area contributed by atoms with Crippen molar-refractivity contribution >= 4 is 39.6 Å². The molecule has 0 atom stereocenters.